The molecule has 0 aromatic heterocycles. The Kier molecular flexibility index (Phi) is 6.31. The molecule has 1 rings (SSSR count). The number of halogens is 1. The molecule has 0 amide bonds. The molecule has 0 radical (unpaired) electrons. The number of ether oxygens (including phenoxy) is 1. The lowest BCUT2D eigenvalue weighted by molar-refractivity contribution is 0.0602. The molecule has 0 aliphatic carbocycles. The van der Waals surface area contributed by atoms with E-state index in [1.54, 1.807) is 23.9 Å². The van der Waals surface area contributed by atoms with Gasteiger partial charge >= 0.3 is 5.97 Å². The van der Waals surface area contributed by atoms with Crippen molar-refractivity contribution in [3.63, 3.8) is 0 Å². The van der Waals surface area contributed by atoms with Crippen LogP contribution in [0.5, 0.6) is 0 Å². The van der Waals surface area contributed by atoms with Crippen LogP contribution < -0.4 is 11.1 Å². The highest BCUT2D eigenvalue weighted by molar-refractivity contribution is 7.98. The van der Waals surface area contributed by atoms with E-state index in [-0.39, 0.29) is 0 Å². The van der Waals surface area contributed by atoms with E-state index in [2.05, 4.69) is 18.5 Å². The summed E-state index contributed by atoms with van der Waals surface area (Å²) >= 11 is 7.92. The molecule has 1 unspecified atom stereocenters. The Balaban J connectivity index is 2.95. The van der Waals surface area contributed by atoms with Crippen LogP contribution in [0.1, 0.15) is 17.3 Å². The second kappa shape index (κ2) is 7.50. The number of nitrogens with one attached hydrogen (secondary N) is 1. The van der Waals surface area contributed by atoms with Crippen molar-refractivity contribution in [1.29, 1.82) is 0 Å². The molecule has 1 atom stereocenters. The first-order chi connectivity index (χ1) is 8.99. The summed E-state index contributed by atoms with van der Waals surface area (Å²) in [5.74, 6) is 1.05. The summed E-state index contributed by atoms with van der Waals surface area (Å²) in [7, 11) is 1.33. The first kappa shape index (κ1) is 16.0. The number of carbonyl (C=O) groups is 1. The molecule has 0 saturated carbocycles. The summed E-state index contributed by atoms with van der Waals surface area (Å²) in [4.78, 5) is 11.7. The van der Waals surface area contributed by atoms with E-state index in [4.69, 9.17) is 22.1 Å². The van der Waals surface area contributed by atoms with Crippen LogP contribution >= 0.6 is 23.4 Å². The number of nitrogens with two attached hydrogens (primary N) is 1. The van der Waals surface area contributed by atoms with E-state index >= 15 is 0 Å². The van der Waals surface area contributed by atoms with Gasteiger partial charge in [-0.05, 0) is 30.1 Å². The smallest absolute Gasteiger partial charge is 0.340 e. The van der Waals surface area contributed by atoms with E-state index in [0.29, 0.717) is 27.9 Å². The van der Waals surface area contributed by atoms with Gasteiger partial charge in [-0.1, -0.05) is 18.5 Å². The molecule has 0 heterocycles. The topological polar surface area (TPSA) is 64.3 Å². The molecule has 0 fully saturated rings. The molecule has 0 saturated heterocycles. The number of anilines is 2. The number of rotatable bonds is 6. The van der Waals surface area contributed by atoms with Gasteiger partial charge in [0.2, 0.25) is 0 Å². The zero-order valence-corrected chi connectivity index (χ0v) is 12.9. The zero-order valence-electron chi connectivity index (χ0n) is 11.3. The third-order valence-electron chi connectivity index (χ3n) is 2.60. The highest BCUT2D eigenvalue weighted by atomic mass is 35.5. The van der Waals surface area contributed by atoms with Crippen molar-refractivity contribution in [1.82, 2.24) is 0 Å². The molecule has 0 bridgehead atoms. The fourth-order valence-corrected chi connectivity index (χ4v) is 2.68. The number of benzene rings is 1. The maximum atomic E-state index is 11.7. The van der Waals surface area contributed by atoms with Crippen LogP contribution in [-0.4, -0.2) is 31.6 Å². The first-order valence-corrected chi connectivity index (χ1v) is 7.66. The number of hydrogen-bond acceptors (Lipinski definition) is 5. The van der Waals surface area contributed by atoms with Crippen LogP contribution in [0.2, 0.25) is 5.02 Å². The van der Waals surface area contributed by atoms with Gasteiger partial charge in [0.25, 0.3) is 0 Å². The van der Waals surface area contributed by atoms with Gasteiger partial charge in [0.15, 0.2) is 0 Å². The van der Waals surface area contributed by atoms with Crippen LogP contribution in [0, 0.1) is 5.92 Å². The van der Waals surface area contributed by atoms with Gasteiger partial charge < -0.3 is 15.8 Å². The van der Waals surface area contributed by atoms with Crippen LogP contribution in [0.25, 0.3) is 0 Å². The largest absolute Gasteiger partial charge is 0.465 e. The Bertz CT molecular complexity index is 455. The summed E-state index contributed by atoms with van der Waals surface area (Å²) in [6.45, 7) is 2.86. The van der Waals surface area contributed by atoms with Crippen molar-refractivity contribution in [2.75, 3.05) is 36.7 Å². The molecular weight excluding hydrogens is 284 g/mol. The number of methoxy groups -OCH3 is 1. The minimum atomic E-state index is -0.450. The monoisotopic (exact) mass is 302 g/mol. The Hall–Kier alpha value is -1.07. The highest BCUT2D eigenvalue weighted by Gasteiger charge is 2.16. The van der Waals surface area contributed by atoms with E-state index < -0.39 is 5.97 Å². The fourth-order valence-electron chi connectivity index (χ4n) is 1.70. The van der Waals surface area contributed by atoms with Gasteiger partial charge in [0.1, 0.15) is 0 Å². The van der Waals surface area contributed by atoms with Crippen LogP contribution in [0.15, 0.2) is 12.1 Å². The number of esters is 1. The molecule has 1 aromatic rings. The second-order valence-corrected chi connectivity index (χ2v) is 5.68. The molecule has 0 aliphatic rings. The van der Waals surface area contributed by atoms with E-state index in [1.807, 2.05) is 0 Å². The Labute approximate surface area is 123 Å². The summed E-state index contributed by atoms with van der Waals surface area (Å²) in [6.07, 6.45) is 2.06. The van der Waals surface area contributed by atoms with Crippen LogP contribution in [-0.2, 0) is 4.74 Å². The van der Waals surface area contributed by atoms with Gasteiger partial charge in [0, 0.05) is 12.2 Å². The predicted molar refractivity (Wildman–Crippen MR) is 83.2 cm³/mol. The Morgan fingerprint density at radius 1 is 1.58 bits per heavy atom. The number of thioether (sulfide) groups is 1. The summed E-state index contributed by atoms with van der Waals surface area (Å²) in [5.41, 5.74) is 7.08. The lowest BCUT2D eigenvalue weighted by atomic mass is 10.1. The molecular formula is C13H19ClN2O2S. The predicted octanol–water partition coefficient (Wildman–Crippen LogP) is 3.12. The highest BCUT2D eigenvalue weighted by Crippen LogP contribution is 2.30. The standard InChI is InChI=1S/C13H19ClN2O2S/c1-8(7-19-3)6-16-12-10(13(17)18-2)4-9(15)5-11(12)14/h4-5,8,16H,6-7,15H2,1-3H3. The van der Waals surface area contributed by atoms with Crippen molar-refractivity contribution in [3.05, 3.63) is 22.7 Å². The normalized spacial score (nSPS) is 12.0. The van der Waals surface area contributed by atoms with Crippen molar-refractivity contribution >= 4 is 40.7 Å². The van der Waals surface area contributed by atoms with E-state index in [0.717, 1.165) is 12.3 Å². The maximum Gasteiger partial charge on any atom is 0.340 e. The quantitative estimate of drug-likeness (QED) is 0.624. The first-order valence-electron chi connectivity index (χ1n) is 5.89. The van der Waals surface area contributed by atoms with Crippen molar-refractivity contribution in [2.45, 2.75) is 6.92 Å². The minimum Gasteiger partial charge on any atom is -0.465 e. The minimum absolute atomic E-state index is 0.365. The molecule has 19 heavy (non-hydrogen) atoms. The lowest BCUT2D eigenvalue weighted by Gasteiger charge is -2.16. The molecule has 106 valence electrons. The molecule has 1 aromatic carbocycles. The van der Waals surface area contributed by atoms with Crippen LogP contribution in [0.4, 0.5) is 11.4 Å². The Morgan fingerprint density at radius 2 is 2.26 bits per heavy atom. The molecule has 4 nitrogen and oxygen atoms in total. The Morgan fingerprint density at radius 3 is 2.84 bits per heavy atom. The SMILES string of the molecule is COC(=O)c1cc(N)cc(Cl)c1NCC(C)CSC. The number of hydrogen-bond donors (Lipinski definition) is 2. The van der Waals surface area contributed by atoms with Crippen LogP contribution in [0.3, 0.4) is 0 Å². The van der Waals surface area contributed by atoms with Gasteiger partial charge in [-0.25, -0.2) is 4.79 Å². The fraction of sp³-hybridized carbons (Fsp3) is 0.462. The molecule has 6 heteroatoms. The van der Waals surface area contributed by atoms with E-state index in [1.165, 1.54) is 7.11 Å². The maximum absolute atomic E-state index is 11.7. The number of nitrogen functional groups attached to an aromatic ring is 1. The average Bonchev–Trinajstić information content (AvgIpc) is 2.36. The summed E-state index contributed by atoms with van der Waals surface area (Å²) < 4.78 is 4.74. The number of carbonyl (C=O) groups excluding carboxylic acids is 1. The summed E-state index contributed by atoms with van der Waals surface area (Å²) in [5, 5.41) is 3.63. The lowest BCUT2D eigenvalue weighted by Crippen LogP contribution is -2.16. The zero-order chi connectivity index (χ0) is 14.4. The van der Waals surface area contributed by atoms with E-state index in [9.17, 15) is 4.79 Å². The van der Waals surface area contributed by atoms with Gasteiger partial charge in [0.05, 0.1) is 23.4 Å². The summed E-state index contributed by atoms with van der Waals surface area (Å²) in [6, 6.07) is 3.19. The molecule has 0 spiro atoms. The third-order valence-corrected chi connectivity index (χ3v) is 3.80. The molecule has 3 N–H and O–H groups in total. The van der Waals surface area contributed by atoms with Gasteiger partial charge in [-0.3, -0.25) is 0 Å². The molecule has 0 aliphatic heterocycles. The van der Waals surface area contributed by atoms with Crippen molar-refractivity contribution in [3.8, 4) is 0 Å². The van der Waals surface area contributed by atoms with Crippen molar-refractivity contribution in [2.24, 2.45) is 5.92 Å². The van der Waals surface area contributed by atoms with Crippen molar-refractivity contribution < 1.29 is 9.53 Å². The van der Waals surface area contributed by atoms with Gasteiger partial charge in [-0.2, -0.15) is 11.8 Å². The third kappa shape index (κ3) is 4.51. The average molecular weight is 303 g/mol. The second-order valence-electron chi connectivity index (χ2n) is 4.36. The van der Waals surface area contributed by atoms with Gasteiger partial charge in [-0.15, -0.1) is 0 Å².